The number of ketones is 1. The molecule has 1 aliphatic rings. The number of H-pyrrole nitrogens is 1. The Kier molecular flexibility index (Phi) is 4.47. The summed E-state index contributed by atoms with van der Waals surface area (Å²) in [6.07, 6.45) is 1.92. The van der Waals surface area contributed by atoms with Crippen LogP contribution in [0.4, 0.5) is 5.69 Å². The van der Waals surface area contributed by atoms with E-state index in [1.807, 2.05) is 19.9 Å². The first kappa shape index (κ1) is 15.7. The van der Waals surface area contributed by atoms with Crippen molar-refractivity contribution < 1.29 is 9.59 Å². The second kappa shape index (κ2) is 6.54. The highest BCUT2D eigenvalue weighted by Crippen LogP contribution is 2.27. The normalized spacial score (nSPS) is 15.0. The van der Waals surface area contributed by atoms with Gasteiger partial charge in [-0.25, -0.2) is 4.98 Å². The monoisotopic (exact) mass is 330 g/mol. The van der Waals surface area contributed by atoms with Crippen molar-refractivity contribution in [2.75, 3.05) is 5.32 Å². The van der Waals surface area contributed by atoms with Crippen molar-refractivity contribution in [3.8, 4) is 0 Å². The third-order valence-electron chi connectivity index (χ3n) is 3.78. The maximum absolute atomic E-state index is 12.6. The van der Waals surface area contributed by atoms with Gasteiger partial charge in [-0.1, -0.05) is 18.7 Å². The summed E-state index contributed by atoms with van der Waals surface area (Å²) in [5.74, 6) is 0.881. The van der Waals surface area contributed by atoms with Gasteiger partial charge in [0.2, 0.25) is 11.1 Å². The molecule has 2 aromatic rings. The van der Waals surface area contributed by atoms with Gasteiger partial charge in [0, 0.05) is 24.1 Å². The highest BCUT2D eigenvalue weighted by Gasteiger charge is 2.21. The zero-order valence-corrected chi connectivity index (χ0v) is 13.9. The molecule has 0 aliphatic carbocycles. The first-order valence-electron chi connectivity index (χ1n) is 7.61. The maximum Gasteiger partial charge on any atom is 0.224 e. The molecular weight excluding hydrogens is 312 g/mol. The number of Topliss-reactive ketones (excluding diaryl/α,β-unsaturated/α-hetero) is 1. The molecule has 2 heterocycles. The molecule has 23 heavy (non-hydrogen) atoms. The highest BCUT2D eigenvalue weighted by atomic mass is 32.2. The van der Waals surface area contributed by atoms with Gasteiger partial charge in [-0.2, -0.15) is 0 Å². The molecule has 0 unspecified atom stereocenters. The number of hydrogen-bond acceptors (Lipinski definition) is 5. The van der Waals surface area contributed by atoms with Crippen molar-refractivity contribution in [3.63, 3.8) is 0 Å². The van der Waals surface area contributed by atoms with Gasteiger partial charge in [0.1, 0.15) is 5.82 Å². The van der Waals surface area contributed by atoms with Gasteiger partial charge in [0.15, 0.2) is 5.78 Å². The van der Waals surface area contributed by atoms with E-state index >= 15 is 0 Å². The predicted molar refractivity (Wildman–Crippen MR) is 88.8 cm³/mol. The number of fused-ring (bicyclic) bond motifs is 1. The van der Waals surface area contributed by atoms with Crippen molar-refractivity contribution in [1.29, 1.82) is 0 Å². The molecule has 0 bridgehead atoms. The Bertz CT molecular complexity index is 756. The highest BCUT2D eigenvalue weighted by molar-refractivity contribution is 8.00. The quantitative estimate of drug-likeness (QED) is 0.650. The lowest BCUT2D eigenvalue weighted by Crippen LogP contribution is -2.20. The van der Waals surface area contributed by atoms with E-state index in [9.17, 15) is 9.59 Å². The Morgan fingerprint density at radius 1 is 1.39 bits per heavy atom. The fourth-order valence-corrected chi connectivity index (χ4v) is 3.29. The van der Waals surface area contributed by atoms with Crippen molar-refractivity contribution >= 4 is 29.1 Å². The number of thioether (sulfide) groups is 1. The van der Waals surface area contributed by atoms with Crippen molar-refractivity contribution in [3.05, 3.63) is 35.2 Å². The molecule has 0 radical (unpaired) electrons. The van der Waals surface area contributed by atoms with Crippen LogP contribution < -0.4 is 5.32 Å². The lowest BCUT2D eigenvalue weighted by molar-refractivity contribution is -0.116. The molecule has 3 rings (SSSR count). The molecule has 6 nitrogen and oxygen atoms in total. The summed E-state index contributed by atoms with van der Waals surface area (Å²) < 4.78 is 0. The Morgan fingerprint density at radius 3 is 2.96 bits per heavy atom. The minimum Gasteiger partial charge on any atom is -0.326 e. The number of aromatic amines is 1. The summed E-state index contributed by atoms with van der Waals surface area (Å²) in [5, 5.41) is 10.1. The summed E-state index contributed by atoms with van der Waals surface area (Å²) >= 11 is 1.35. The first-order chi connectivity index (χ1) is 11.1. The van der Waals surface area contributed by atoms with Crippen LogP contribution in [-0.2, 0) is 17.6 Å². The van der Waals surface area contributed by atoms with E-state index in [0.717, 1.165) is 23.5 Å². The number of carbonyl (C=O) groups excluding carboxylic acids is 2. The van der Waals surface area contributed by atoms with Crippen LogP contribution in [0.2, 0.25) is 0 Å². The van der Waals surface area contributed by atoms with Crippen LogP contribution in [-0.4, -0.2) is 32.1 Å². The van der Waals surface area contributed by atoms with Crippen LogP contribution in [0.25, 0.3) is 0 Å². The van der Waals surface area contributed by atoms with Gasteiger partial charge in [-0.15, -0.1) is 5.10 Å². The average molecular weight is 330 g/mol. The molecule has 120 valence electrons. The molecule has 1 atom stereocenters. The minimum absolute atomic E-state index is 0.0248. The number of nitrogens with zero attached hydrogens (tertiary/aromatic N) is 2. The summed E-state index contributed by atoms with van der Waals surface area (Å²) in [6, 6.07) is 5.45. The molecule has 0 fully saturated rings. The molecule has 1 aromatic heterocycles. The topological polar surface area (TPSA) is 87.7 Å². The molecule has 7 heteroatoms. The second-order valence-corrected chi connectivity index (χ2v) is 6.77. The van der Waals surface area contributed by atoms with E-state index in [1.165, 1.54) is 11.8 Å². The smallest absolute Gasteiger partial charge is 0.224 e. The van der Waals surface area contributed by atoms with Gasteiger partial charge < -0.3 is 5.32 Å². The van der Waals surface area contributed by atoms with E-state index in [4.69, 9.17) is 0 Å². The number of amides is 1. The Balaban J connectivity index is 1.73. The Labute approximate surface area is 138 Å². The molecule has 0 saturated carbocycles. The van der Waals surface area contributed by atoms with Gasteiger partial charge in [-0.05, 0) is 37.1 Å². The SMILES string of the molecule is CCc1nc(S[C@H](C)C(=O)c2ccc3c(c2)CCC(=O)N3)n[nH]1. The van der Waals surface area contributed by atoms with Crippen molar-refractivity contribution in [2.24, 2.45) is 0 Å². The van der Waals surface area contributed by atoms with Crippen LogP contribution in [0.15, 0.2) is 23.4 Å². The number of aryl methyl sites for hydroxylation is 2. The Morgan fingerprint density at radius 2 is 2.22 bits per heavy atom. The average Bonchev–Trinajstić information content (AvgIpc) is 3.01. The van der Waals surface area contributed by atoms with Crippen LogP contribution in [0.3, 0.4) is 0 Å². The number of nitrogens with one attached hydrogen (secondary N) is 2. The number of benzene rings is 1. The third kappa shape index (κ3) is 3.44. The summed E-state index contributed by atoms with van der Waals surface area (Å²) in [4.78, 5) is 28.3. The van der Waals surface area contributed by atoms with Gasteiger partial charge >= 0.3 is 0 Å². The fraction of sp³-hybridized carbons (Fsp3) is 0.375. The number of rotatable bonds is 5. The molecule has 0 saturated heterocycles. The van der Waals surface area contributed by atoms with Crippen molar-refractivity contribution in [2.45, 2.75) is 43.5 Å². The van der Waals surface area contributed by atoms with Gasteiger partial charge in [0.25, 0.3) is 0 Å². The fourth-order valence-electron chi connectivity index (χ4n) is 2.47. The number of anilines is 1. The number of carbonyl (C=O) groups is 2. The zero-order chi connectivity index (χ0) is 16.4. The summed E-state index contributed by atoms with van der Waals surface area (Å²) in [5.41, 5.74) is 2.48. The van der Waals surface area contributed by atoms with Crippen LogP contribution in [0.5, 0.6) is 0 Å². The van der Waals surface area contributed by atoms with Crippen LogP contribution >= 0.6 is 11.8 Å². The zero-order valence-electron chi connectivity index (χ0n) is 13.0. The lowest BCUT2D eigenvalue weighted by Gasteiger charge is -2.18. The summed E-state index contributed by atoms with van der Waals surface area (Å²) in [7, 11) is 0. The van der Waals surface area contributed by atoms with E-state index in [2.05, 4.69) is 20.5 Å². The van der Waals surface area contributed by atoms with Crippen molar-refractivity contribution in [1.82, 2.24) is 15.2 Å². The van der Waals surface area contributed by atoms with E-state index < -0.39 is 0 Å². The molecule has 0 spiro atoms. The summed E-state index contributed by atoms with van der Waals surface area (Å²) in [6.45, 7) is 3.85. The van der Waals surface area contributed by atoms with Crippen LogP contribution in [0, 0.1) is 0 Å². The molecule has 2 N–H and O–H groups in total. The standard InChI is InChI=1S/C16H18N4O2S/c1-3-13-18-16(20-19-13)23-9(2)15(22)11-4-6-12-10(8-11)5-7-14(21)17-12/h4,6,8-9H,3,5,7H2,1-2H3,(H,17,21)(H,18,19,20)/t9-/m1/s1. The molecule has 1 aliphatic heterocycles. The van der Waals surface area contributed by atoms with E-state index in [-0.39, 0.29) is 16.9 Å². The Hall–Kier alpha value is -2.15. The maximum atomic E-state index is 12.6. The first-order valence-corrected chi connectivity index (χ1v) is 8.49. The largest absolute Gasteiger partial charge is 0.326 e. The third-order valence-corrected chi connectivity index (χ3v) is 4.74. The molecular formula is C16H18N4O2S. The minimum atomic E-state index is -0.272. The van der Waals surface area contributed by atoms with E-state index in [0.29, 0.717) is 23.6 Å². The number of hydrogen-bond donors (Lipinski definition) is 2. The van der Waals surface area contributed by atoms with Crippen LogP contribution in [0.1, 0.15) is 42.0 Å². The van der Waals surface area contributed by atoms with Gasteiger partial charge in [0.05, 0.1) is 5.25 Å². The second-order valence-electron chi connectivity index (χ2n) is 5.46. The molecule has 1 aromatic carbocycles. The predicted octanol–water partition coefficient (Wildman–Crippen LogP) is 2.62. The number of aromatic nitrogens is 3. The van der Waals surface area contributed by atoms with Gasteiger partial charge in [-0.3, -0.25) is 14.7 Å². The lowest BCUT2D eigenvalue weighted by atomic mass is 9.98. The molecule has 1 amide bonds. The van der Waals surface area contributed by atoms with E-state index in [1.54, 1.807) is 12.1 Å².